The van der Waals surface area contributed by atoms with Gasteiger partial charge < -0.3 is 15.5 Å². The second kappa shape index (κ2) is 5.43. The maximum absolute atomic E-state index is 13.0. The summed E-state index contributed by atoms with van der Waals surface area (Å²) >= 11 is 0. The van der Waals surface area contributed by atoms with Crippen LogP contribution >= 0.6 is 0 Å². The maximum atomic E-state index is 13.0. The Kier molecular flexibility index (Phi) is 3.69. The normalized spacial score (nSPS) is 10.2. The summed E-state index contributed by atoms with van der Waals surface area (Å²) in [6.07, 6.45) is 0. The number of nitrogens with zero attached hydrogens (tertiary/aromatic N) is 1. The largest absolute Gasteiger partial charge is 0.508 e. The van der Waals surface area contributed by atoms with Gasteiger partial charge in [0.25, 0.3) is 5.69 Å². The molecule has 0 aromatic heterocycles. The van der Waals surface area contributed by atoms with Gasteiger partial charge in [-0.25, -0.2) is 4.39 Å². The van der Waals surface area contributed by atoms with Crippen molar-refractivity contribution in [2.45, 2.75) is 6.54 Å². The van der Waals surface area contributed by atoms with E-state index in [4.69, 9.17) is 5.11 Å². The zero-order valence-corrected chi connectivity index (χ0v) is 10.2. The zero-order chi connectivity index (χ0) is 14.7. The molecule has 0 spiro atoms. The number of aromatic hydroxyl groups is 2. The minimum atomic E-state index is -0.699. The third-order valence-corrected chi connectivity index (χ3v) is 2.69. The van der Waals surface area contributed by atoms with Crippen molar-refractivity contribution in [2.24, 2.45) is 0 Å². The van der Waals surface area contributed by atoms with Crippen molar-refractivity contribution in [3.05, 3.63) is 57.9 Å². The van der Waals surface area contributed by atoms with Gasteiger partial charge in [-0.3, -0.25) is 10.1 Å². The fraction of sp³-hybridized carbons (Fsp3) is 0.0769. The van der Waals surface area contributed by atoms with E-state index in [1.54, 1.807) is 0 Å². The Morgan fingerprint density at radius 1 is 1.20 bits per heavy atom. The fourth-order valence-corrected chi connectivity index (χ4v) is 1.70. The Labute approximate surface area is 113 Å². The van der Waals surface area contributed by atoms with Crippen LogP contribution in [0.15, 0.2) is 36.4 Å². The molecule has 0 saturated heterocycles. The van der Waals surface area contributed by atoms with E-state index in [1.165, 1.54) is 18.2 Å². The number of phenolic OH excluding ortho intramolecular Hbond substituents is 2. The molecule has 7 heteroatoms. The Bertz CT molecular complexity index is 661. The number of phenols is 2. The van der Waals surface area contributed by atoms with E-state index < -0.39 is 10.7 Å². The molecule has 0 aliphatic heterocycles. The highest BCUT2D eigenvalue weighted by atomic mass is 19.1. The Hall–Kier alpha value is -2.83. The number of nitrogens with one attached hydrogen (secondary N) is 1. The average Bonchev–Trinajstić information content (AvgIpc) is 2.38. The second-order valence-corrected chi connectivity index (χ2v) is 4.09. The van der Waals surface area contributed by atoms with E-state index in [2.05, 4.69) is 5.32 Å². The molecular formula is C13H11FN2O4. The first-order valence-corrected chi connectivity index (χ1v) is 5.66. The zero-order valence-electron chi connectivity index (χ0n) is 10.2. The second-order valence-electron chi connectivity index (χ2n) is 4.09. The number of nitro benzene ring substituents is 1. The van der Waals surface area contributed by atoms with Gasteiger partial charge in [0.05, 0.1) is 11.0 Å². The van der Waals surface area contributed by atoms with Crippen LogP contribution in [-0.2, 0) is 6.54 Å². The van der Waals surface area contributed by atoms with Gasteiger partial charge in [-0.15, -0.1) is 0 Å². The Morgan fingerprint density at radius 2 is 1.95 bits per heavy atom. The van der Waals surface area contributed by atoms with Crippen molar-refractivity contribution < 1.29 is 19.5 Å². The Morgan fingerprint density at radius 3 is 2.60 bits per heavy atom. The van der Waals surface area contributed by atoms with Crippen molar-refractivity contribution in [3.8, 4) is 11.5 Å². The first-order valence-electron chi connectivity index (χ1n) is 5.66. The van der Waals surface area contributed by atoms with E-state index >= 15 is 0 Å². The summed E-state index contributed by atoms with van der Waals surface area (Å²) in [5.74, 6) is -0.920. The molecule has 6 nitrogen and oxygen atoms in total. The predicted molar refractivity (Wildman–Crippen MR) is 70.2 cm³/mol. The van der Waals surface area contributed by atoms with Gasteiger partial charge in [-0.1, -0.05) is 0 Å². The summed E-state index contributed by atoms with van der Waals surface area (Å²) in [4.78, 5) is 10.1. The molecule has 3 N–H and O–H groups in total. The third kappa shape index (κ3) is 2.94. The third-order valence-electron chi connectivity index (χ3n) is 2.69. The van der Waals surface area contributed by atoms with Crippen molar-refractivity contribution in [1.82, 2.24) is 0 Å². The molecule has 2 rings (SSSR count). The lowest BCUT2D eigenvalue weighted by molar-refractivity contribution is -0.384. The summed E-state index contributed by atoms with van der Waals surface area (Å²) in [6.45, 7) is 0.0958. The predicted octanol–water partition coefficient (Wildman–Crippen LogP) is 2.76. The monoisotopic (exact) mass is 278 g/mol. The SMILES string of the molecule is O=[N+]([O-])c1cc(F)ccc1NCc1ccc(O)cc1O. The molecule has 0 aliphatic rings. The molecule has 104 valence electrons. The van der Waals surface area contributed by atoms with Gasteiger partial charge in [0.2, 0.25) is 0 Å². The summed E-state index contributed by atoms with van der Waals surface area (Å²) in [7, 11) is 0. The van der Waals surface area contributed by atoms with Crippen LogP contribution in [0.4, 0.5) is 15.8 Å². The van der Waals surface area contributed by atoms with Gasteiger partial charge in [-0.05, 0) is 24.3 Å². The number of benzene rings is 2. The van der Waals surface area contributed by atoms with Crippen LogP contribution in [-0.4, -0.2) is 15.1 Å². The quantitative estimate of drug-likeness (QED) is 0.590. The van der Waals surface area contributed by atoms with E-state index in [9.17, 15) is 19.6 Å². The molecule has 0 aliphatic carbocycles. The molecule has 2 aromatic carbocycles. The van der Waals surface area contributed by atoms with Crippen LogP contribution in [0.5, 0.6) is 11.5 Å². The lowest BCUT2D eigenvalue weighted by atomic mass is 10.2. The summed E-state index contributed by atoms with van der Waals surface area (Å²) in [6, 6.07) is 7.20. The van der Waals surface area contributed by atoms with Crippen molar-refractivity contribution in [3.63, 3.8) is 0 Å². The van der Waals surface area contributed by atoms with Gasteiger partial charge >= 0.3 is 0 Å². The molecule has 0 heterocycles. The molecule has 2 aromatic rings. The lowest BCUT2D eigenvalue weighted by Gasteiger charge is -2.09. The number of nitro groups is 1. The number of rotatable bonds is 4. The first kappa shape index (κ1) is 13.6. The molecule has 0 fully saturated rings. The van der Waals surface area contributed by atoms with Crippen LogP contribution in [0.3, 0.4) is 0 Å². The van der Waals surface area contributed by atoms with Crippen LogP contribution < -0.4 is 5.32 Å². The van der Waals surface area contributed by atoms with Crippen molar-refractivity contribution in [2.75, 3.05) is 5.32 Å². The molecular weight excluding hydrogens is 267 g/mol. The standard InChI is InChI=1S/C13H11FN2O4/c14-9-2-4-11(12(5-9)16(19)20)15-7-8-1-3-10(17)6-13(8)18/h1-6,15,17-18H,7H2. The van der Waals surface area contributed by atoms with Crippen LogP contribution in [0.25, 0.3) is 0 Å². The number of anilines is 1. The molecule has 0 saturated carbocycles. The minimum Gasteiger partial charge on any atom is -0.508 e. The van der Waals surface area contributed by atoms with Gasteiger partial charge in [0.15, 0.2) is 0 Å². The minimum absolute atomic E-state index is 0.0842. The molecule has 0 radical (unpaired) electrons. The van der Waals surface area contributed by atoms with E-state index in [0.29, 0.717) is 5.56 Å². The van der Waals surface area contributed by atoms with E-state index in [-0.39, 0.29) is 29.4 Å². The fourth-order valence-electron chi connectivity index (χ4n) is 1.70. The van der Waals surface area contributed by atoms with Gasteiger partial charge in [-0.2, -0.15) is 0 Å². The number of hydrogen-bond donors (Lipinski definition) is 3. The highest BCUT2D eigenvalue weighted by molar-refractivity contribution is 5.61. The van der Waals surface area contributed by atoms with E-state index in [0.717, 1.165) is 18.2 Å². The maximum Gasteiger partial charge on any atom is 0.295 e. The van der Waals surface area contributed by atoms with E-state index in [1.807, 2.05) is 0 Å². The molecule has 20 heavy (non-hydrogen) atoms. The topological polar surface area (TPSA) is 95.6 Å². The number of hydrogen-bond acceptors (Lipinski definition) is 5. The summed E-state index contributed by atoms with van der Waals surface area (Å²) in [5.41, 5.74) is 0.202. The summed E-state index contributed by atoms with van der Waals surface area (Å²) < 4.78 is 13.0. The smallest absolute Gasteiger partial charge is 0.295 e. The van der Waals surface area contributed by atoms with Gasteiger partial charge in [0.1, 0.15) is 23.0 Å². The van der Waals surface area contributed by atoms with Crippen LogP contribution in [0.2, 0.25) is 0 Å². The molecule has 0 amide bonds. The average molecular weight is 278 g/mol. The van der Waals surface area contributed by atoms with Crippen LogP contribution in [0.1, 0.15) is 5.56 Å². The molecule has 0 bridgehead atoms. The van der Waals surface area contributed by atoms with Crippen LogP contribution in [0, 0.1) is 15.9 Å². The van der Waals surface area contributed by atoms with Crippen molar-refractivity contribution >= 4 is 11.4 Å². The highest BCUT2D eigenvalue weighted by Gasteiger charge is 2.15. The first-order chi connectivity index (χ1) is 9.47. The summed E-state index contributed by atoms with van der Waals surface area (Å²) in [5, 5.41) is 32.3. The Balaban J connectivity index is 2.20. The molecule has 0 atom stereocenters. The van der Waals surface area contributed by atoms with Gasteiger partial charge in [0, 0.05) is 18.2 Å². The molecule has 0 unspecified atom stereocenters. The number of halogens is 1. The van der Waals surface area contributed by atoms with Crippen molar-refractivity contribution in [1.29, 1.82) is 0 Å². The lowest BCUT2D eigenvalue weighted by Crippen LogP contribution is -2.03. The highest BCUT2D eigenvalue weighted by Crippen LogP contribution is 2.27.